The molecule has 1 aliphatic rings. The van der Waals surface area contributed by atoms with Crippen LogP contribution in [0.25, 0.3) is 27.1 Å². The van der Waals surface area contributed by atoms with Crippen LogP contribution in [0.3, 0.4) is 0 Å². The Morgan fingerprint density at radius 3 is 1.40 bits per heavy atom. The molecule has 7 rings (SSSR count). The monoisotopic (exact) mass is 688 g/mol. The van der Waals surface area contributed by atoms with E-state index in [1.165, 1.54) is 82.4 Å². The van der Waals surface area contributed by atoms with Crippen LogP contribution in [0, 0.1) is 12.0 Å². The number of rotatable bonds is 3. The SMILES string of the molecule is CC(C)(C)c1ccc2[cH-]c3ccc(C(C)(C)C)cc3c2c1.CC1[C-]=CC(c2ccccc2)=C1.[Zr+2]=[C](c1ccccc1)c1ccccc1. The maximum absolute atomic E-state index is 3.25. The van der Waals surface area contributed by atoms with Gasteiger partial charge in [0.2, 0.25) is 0 Å². The van der Waals surface area contributed by atoms with E-state index in [2.05, 4.69) is 194 Å². The summed E-state index contributed by atoms with van der Waals surface area (Å²) >= 11 is 1.46. The second-order valence-electron chi connectivity index (χ2n) is 14.4. The molecule has 0 saturated heterocycles. The molecule has 47 heavy (non-hydrogen) atoms. The van der Waals surface area contributed by atoms with Crippen molar-refractivity contribution < 1.29 is 24.2 Å². The van der Waals surface area contributed by atoms with Crippen LogP contribution in [0.1, 0.15) is 76.3 Å². The predicted octanol–water partition coefficient (Wildman–Crippen LogP) is 12.2. The first-order valence-corrected chi connectivity index (χ1v) is 17.8. The van der Waals surface area contributed by atoms with Gasteiger partial charge in [-0.3, -0.25) is 6.08 Å². The fraction of sp³-hybridized carbons (Fsp3) is 0.217. The second-order valence-corrected chi connectivity index (χ2v) is 15.7. The van der Waals surface area contributed by atoms with Gasteiger partial charge in [0.05, 0.1) is 0 Å². The van der Waals surface area contributed by atoms with Gasteiger partial charge in [-0.15, -0.1) is 45.3 Å². The fourth-order valence-corrected chi connectivity index (χ4v) is 6.52. The van der Waals surface area contributed by atoms with E-state index in [0.717, 1.165) is 0 Å². The normalized spacial score (nSPS) is 14.2. The van der Waals surface area contributed by atoms with Gasteiger partial charge in [-0.2, -0.15) is 11.6 Å². The average molecular weight is 690 g/mol. The number of benzene rings is 5. The van der Waals surface area contributed by atoms with Crippen molar-refractivity contribution in [3.63, 3.8) is 0 Å². The quantitative estimate of drug-likeness (QED) is 0.162. The van der Waals surface area contributed by atoms with Crippen molar-refractivity contribution >= 4 is 30.3 Å². The van der Waals surface area contributed by atoms with Crippen LogP contribution in [0.15, 0.2) is 146 Å². The molecule has 234 valence electrons. The van der Waals surface area contributed by atoms with Crippen molar-refractivity contribution in [1.82, 2.24) is 0 Å². The molecule has 0 spiro atoms. The summed E-state index contributed by atoms with van der Waals surface area (Å²) in [5, 5.41) is 5.49. The van der Waals surface area contributed by atoms with Gasteiger partial charge < -0.3 is 0 Å². The third kappa shape index (κ3) is 8.97. The molecule has 0 nitrogen and oxygen atoms in total. The number of hydrogen-bond donors (Lipinski definition) is 0. The number of fused-ring (bicyclic) bond motifs is 3. The molecule has 1 unspecified atom stereocenters. The number of allylic oxidation sites excluding steroid dienone is 4. The molecule has 6 aromatic rings. The second kappa shape index (κ2) is 15.0. The molecule has 1 atom stereocenters. The summed E-state index contributed by atoms with van der Waals surface area (Å²) in [6.07, 6.45) is 7.55. The summed E-state index contributed by atoms with van der Waals surface area (Å²) in [6.45, 7) is 15.8. The molecule has 0 heterocycles. The zero-order valence-corrected chi connectivity index (χ0v) is 31.4. The third-order valence-electron chi connectivity index (χ3n) is 8.60. The van der Waals surface area contributed by atoms with Crippen LogP contribution >= 0.6 is 0 Å². The van der Waals surface area contributed by atoms with Gasteiger partial charge in [-0.25, -0.2) is 6.08 Å². The molecule has 0 aromatic heterocycles. The van der Waals surface area contributed by atoms with Crippen LogP contribution in [-0.2, 0) is 35.1 Å². The summed E-state index contributed by atoms with van der Waals surface area (Å²) in [5.41, 5.74) is 8.44. The van der Waals surface area contributed by atoms with E-state index in [9.17, 15) is 0 Å². The van der Waals surface area contributed by atoms with E-state index in [1.54, 1.807) is 0 Å². The zero-order chi connectivity index (χ0) is 33.6. The van der Waals surface area contributed by atoms with Crippen molar-refractivity contribution in [1.29, 1.82) is 0 Å². The van der Waals surface area contributed by atoms with E-state index < -0.39 is 0 Å². The van der Waals surface area contributed by atoms with E-state index >= 15 is 0 Å². The van der Waals surface area contributed by atoms with Gasteiger partial charge in [0, 0.05) is 0 Å². The van der Waals surface area contributed by atoms with Crippen LogP contribution in [0.4, 0.5) is 0 Å². The molecule has 6 aromatic carbocycles. The molecule has 0 amide bonds. The van der Waals surface area contributed by atoms with Crippen molar-refractivity contribution in [2.24, 2.45) is 5.92 Å². The Morgan fingerprint density at radius 1 is 0.596 bits per heavy atom. The molecule has 1 aliphatic carbocycles. The van der Waals surface area contributed by atoms with Gasteiger partial charge in [-0.05, 0) is 10.8 Å². The Bertz CT molecular complexity index is 1880. The van der Waals surface area contributed by atoms with E-state index in [1.807, 2.05) is 6.07 Å². The molecule has 0 saturated carbocycles. The van der Waals surface area contributed by atoms with Gasteiger partial charge in [0.25, 0.3) is 0 Å². The summed E-state index contributed by atoms with van der Waals surface area (Å²) in [4.78, 5) is 0. The molecule has 0 radical (unpaired) electrons. The van der Waals surface area contributed by atoms with Crippen LogP contribution in [0.5, 0.6) is 0 Å². The summed E-state index contributed by atoms with van der Waals surface area (Å²) in [5.74, 6) is 0.472. The summed E-state index contributed by atoms with van der Waals surface area (Å²) in [7, 11) is 0. The van der Waals surface area contributed by atoms with E-state index in [-0.39, 0.29) is 10.8 Å². The molecule has 0 aliphatic heterocycles. The van der Waals surface area contributed by atoms with Gasteiger partial charge in [0.15, 0.2) is 0 Å². The minimum atomic E-state index is 0.194. The van der Waals surface area contributed by atoms with Gasteiger partial charge >= 0.3 is 99.2 Å². The van der Waals surface area contributed by atoms with E-state index in [0.29, 0.717) is 5.92 Å². The molecule has 0 bridgehead atoms. The zero-order valence-electron chi connectivity index (χ0n) is 28.9. The average Bonchev–Trinajstić information content (AvgIpc) is 3.68. The van der Waals surface area contributed by atoms with Crippen molar-refractivity contribution in [3.8, 4) is 0 Å². The first-order valence-electron chi connectivity index (χ1n) is 16.6. The molecular weight excluding hydrogens is 644 g/mol. The Morgan fingerprint density at radius 2 is 1.02 bits per heavy atom. The van der Waals surface area contributed by atoms with Crippen molar-refractivity contribution in [3.05, 3.63) is 180 Å². The summed E-state index contributed by atoms with van der Waals surface area (Å²) < 4.78 is 1.42. The van der Waals surface area contributed by atoms with Gasteiger partial charge in [-0.1, -0.05) is 120 Å². The standard InChI is InChI=1S/C21H25.C13H10.C12H11.Zr/c1-20(2,3)16-9-7-14-11-15-8-10-17(21(4,5)6)13-19(15)18(14)12-16;1-3-7-12(8-4-1)11-13-9-5-2-6-10-13;1-10-7-8-12(9-10)11-5-3-2-4-6-11;/h7-13H,1-6H3;1-10H;2-6,8-10H,1H3;/q-1;;-1;+2. The van der Waals surface area contributed by atoms with Crippen molar-refractivity contribution in [2.75, 3.05) is 0 Å². The van der Waals surface area contributed by atoms with Crippen LogP contribution in [-0.4, -0.2) is 3.21 Å². The Kier molecular flexibility index (Phi) is 11.0. The molecule has 0 fully saturated rings. The van der Waals surface area contributed by atoms with Crippen LogP contribution in [0.2, 0.25) is 0 Å². The third-order valence-corrected chi connectivity index (χ3v) is 10.0. The van der Waals surface area contributed by atoms with Crippen LogP contribution < -0.4 is 0 Å². The first-order chi connectivity index (χ1) is 22.4. The van der Waals surface area contributed by atoms with Crippen molar-refractivity contribution in [2.45, 2.75) is 59.3 Å². The maximum atomic E-state index is 3.25. The molecule has 0 N–H and O–H groups in total. The minimum absolute atomic E-state index is 0.194. The Labute approximate surface area is 297 Å². The first kappa shape index (κ1) is 34.5. The fourth-order valence-electron chi connectivity index (χ4n) is 5.70. The Hall–Kier alpha value is -3.80. The number of hydrogen-bond acceptors (Lipinski definition) is 0. The van der Waals surface area contributed by atoms with E-state index in [4.69, 9.17) is 0 Å². The van der Waals surface area contributed by atoms with Gasteiger partial charge in [0.1, 0.15) is 0 Å². The molecular formula is C46H46Zr. The predicted molar refractivity (Wildman–Crippen MR) is 202 cm³/mol. The molecule has 1 heteroatoms. The summed E-state index contributed by atoms with van der Waals surface area (Å²) in [6, 6.07) is 47.7. The Balaban J connectivity index is 0.000000145. The topological polar surface area (TPSA) is 0 Å².